The average molecular weight is 197 g/mol. The molecule has 7 nitrogen and oxygen atoms in total. The summed E-state index contributed by atoms with van der Waals surface area (Å²) in [6.45, 7) is 0. The number of aryl methyl sites for hydroxylation is 1. The van der Waals surface area contributed by atoms with Gasteiger partial charge in [-0.15, -0.1) is 5.11 Å². The monoisotopic (exact) mass is 197 g/mol. The van der Waals surface area contributed by atoms with Crippen LogP contribution in [-0.4, -0.2) is 28.7 Å². The van der Waals surface area contributed by atoms with Crippen molar-refractivity contribution in [3.8, 4) is 0 Å². The van der Waals surface area contributed by atoms with Crippen molar-refractivity contribution in [1.29, 1.82) is 0 Å². The third kappa shape index (κ3) is 2.28. The minimum absolute atomic E-state index is 0.0980. The molecular weight excluding hydrogens is 186 g/mol. The lowest BCUT2D eigenvalue weighted by atomic mass is 10.5. The van der Waals surface area contributed by atoms with Crippen LogP contribution < -0.4 is 11.2 Å². The Labute approximate surface area is 79.7 Å². The molecule has 1 rings (SSSR count). The molecule has 1 aromatic heterocycles. The second-order valence-electron chi connectivity index (χ2n) is 2.92. The maximum Gasteiger partial charge on any atom is 0.328 e. The number of aromatic nitrogens is 2. The molecule has 1 N–H and O–H groups in total. The van der Waals surface area contributed by atoms with Crippen LogP contribution >= 0.6 is 0 Å². The molecule has 76 valence electrons. The molecular formula is C7H11N5O2. The van der Waals surface area contributed by atoms with E-state index in [9.17, 15) is 9.59 Å². The fraction of sp³-hybridized carbons (Fsp3) is 0.429. The molecule has 0 spiro atoms. The molecule has 0 unspecified atom stereocenters. The van der Waals surface area contributed by atoms with E-state index in [4.69, 9.17) is 0 Å². The highest BCUT2D eigenvalue weighted by molar-refractivity contribution is 5.28. The van der Waals surface area contributed by atoms with Crippen LogP contribution in [0.25, 0.3) is 0 Å². The third-order valence-corrected chi connectivity index (χ3v) is 1.42. The van der Waals surface area contributed by atoms with Gasteiger partial charge in [0, 0.05) is 27.3 Å². The van der Waals surface area contributed by atoms with Gasteiger partial charge in [-0.3, -0.25) is 14.8 Å². The SMILES string of the molecule is CN(C)N=Nc1cn(C)c(=O)[nH]c1=O. The van der Waals surface area contributed by atoms with Crippen molar-refractivity contribution >= 4 is 5.69 Å². The summed E-state index contributed by atoms with van der Waals surface area (Å²) in [7, 11) is 4.88. The van der Waals surface area contributed by atoms with E-state index in [0.29, 0.717) is 0 Å². The molecule has 0 bridgehead atoms. The molecule has 0 aromatic carbocycles. The van der Waals surface area contributed by atoms with Gasteiger partial charge in [0.15, 0.2) is 5.69 Å². The Morgan fingerprint density at radius 1 is 1.43 bits per heavy atom. The van der Waals surface area contributed by atoms with Crippen molar-refractivity contribution in [3.63, 3.8) is 0 Å². The summed E-state index contributed by atoms with van der Waals surface area (Å²) in [6, 6.07) is 0. The average Bonchev–Trinajstić information content (AvgIpc) is 2.09. The second-order valence-corrected chi connectivity index (χ2v) is 2.92. The van der Waals surface area contributed by atoms with Gasteiger partial charge in [0.2, 0.25) is 0 Å². The number of hydrogen-bond acceptors (Lipinski definition) is 4. The summed E-state index contributed by atoms with van der Waals surface area (Å²) in [5.74, 6) is 0. The number of nitrogens with zero attached hydrogens (tertiary/aromatic N) is 4. The predicted octanol–water partition coefficient (Wildman–Crippen LogP) is -0.366. The van der Waals surface area contributed by atoms with Crippen LogP contribution in [0.3, 0.4) is 0 Å². The Morgan fingerprint density at radius 2 is 2.07 bits per heavy atom. The molecule has 0 saturated heterocycles. The van der Waals surface area contributed by atoms with Gasteiger partial charge in [-0.05, 0) is 0 Å². The molecule has 0 aliphatic rings. The van der Waals surface area contributed by atoms with Gasteiger partial charge < -0.3 is 4.57 Å². The van der Waals surface area contributed by atoms with Gasteiger partial charge in [-0.25, -0.2) is 4.79 Å². The first-order chi connectivity index (χ1) is 6.50. The van der Waals surface area contributed by atoms with E-state index >= 15 is 0 Å². The Kier molecular flexibility index (Phi) is 2.80. The van der Waals surface area contributed by atoms with Crippen LogP contribution in [0.5, 0.6) is 0 Å². The van der Waals surface area contributed by atoms with E-state index in [-0.39, 0.29) is 5.69 Å². The molecule has 14 heavy (non-hydrogen) atoms. The molecule has 0 fully saturated rings. The van der Waals surface area contributed by atoms with E-state index < -0.39 is 11.2 Å². The Balaban J connectivity index is 3.17. The lowest BCUT2D eigenvalue weighted by Gasteiger charge is -2.00. The summed E-state index contributed by atoms with van der Waals surface area (Å²) in [6.07, 6.45) is 1.33. The number of hydrogen-bond donors (Lipinski definition) is 1. The predicted molar refractivity (Wildman–Crippen MR) is 50.5 cm³/mol. The van der Waals surface area contributed by atoms with Crippen LogP contribution in [0.4, 0.5) is 5.69 Å². The summed E-state index contributed by atoms with van der Waals surface area (Å²) >= 11 is 0. The molecule has 0 atom stereocenters. The molecule has 7 heteroatoms. The first kappa shape index (κ1) is 10.2. The molecule has 0 aliphatic carbocycles. The van der Waals surface area contributed by atoms with Crippen molar-refractivity contribution in [2.45, 2.75) is 0 Å². The van der Waals surface area contributed by atoms with Crippen LogP contribution in [0, 0.1) is 0 Å². The lowest BCUT2D eigenvalue weighted by Crippen LogP contribution is -2.27. The van der Waals surface area contributed by atoms with E-state index in [2.05, 4.69) is 15.3 Å². The first-order valence-corrected chi connectivity index (χ1v) is 3.89. The smallest absolute Gasteiger partial charge is 0.301 e. The van der Waals surface area contributed by atoms with E-state index in [1.165, 1.54) is 22.8 Å². The van der Waals surface area contributed by atoms with Crippen LogP contribution in [0.1, 0.15) is 0 Å². The summed E-state index contributed by atoms with van der Waals surface area (Å²) in [4.78, 5) is 24.2. The van der Waals surface area contributed by atoms with Crippen molar-refractivity contribution in [1.82, 2.24) is 14.6 Å². The van der Waals surface area contributed by atoms with Gasteiger partial charge in [0.25, 0.3) is 5.56 Å². The minimum atomic E-state index is -0.543. The zero-order valence-corrected chi connectivity index (χ0v) is 8.18. The van der Waals surface area contributed by atoms with Gasteiger partial charge in [-0.2, -0.15) is 0 Å². The molecule has 1 heterocycles. The third-order valence-electron chi connectivity index (χ3n) is 1.42. The van der Waals surface area contributed by atoms with Crippen LogP contribution in [0.15, 0.2) is 26.1 Å². The van der Waals surface area contributed by atoms with Gasteiger partial charge in [-0.1, -0.05) is 5.22 Å². The number of aromatic amines is 1. The summed E-state index contributed by atoms with van der Waals surface area (Å²) < 4.78 is 1.23. The molecule has 0 radical (unpaired) electrons. The van der Waals surface area contributed by atoms with E-state index in [0.717, 1.165) is 0 Å². The Hall–Kier alpha value is -1.92. The van der Waals surface area contributed by atoms with Crippen molar-refractivity contribution in [2.24, 2.45) is 17.4 Å². The fourth-order valence-corrected chi connectivity index (χ4v) is 0.759. The lowest BCUT2D eigenvalue weighted by molar-refractivity contribution is 0.408. The largest absolute Gasteiger partial charge is 0.328 e. The highest BCUT2D eigenvalue weighted by Crippen LogP contribution is 2.00. The number of rotatable bonds is 2. The summed E-state index contributed by atoms with van der Waals surface area (Å²) in [5, 5.41) is 8.75. The normalized spacial score (nSPS) is 10.8. The highest BCUT2D eigenvalue weighted by atomic mass is 16.2. The minimum Gasteiger partial charge on any atom is -0.301 e. The number of nitrogens with one attached hydrogen (secondary N) is 1. The number of H-pyrrole nitrogens is 1. The van der Waals surface area contributed by atoms with Gasteiger partial charge in [0.05, 0.1) is 0 Å². The maximum atomic E-state index is 11.2. The van der Waals surface area contributed by atoms with Crippen LogP contribution in [-0.2, 0) is 7.05 Å². The van der Waals surface area contributed by atoms with Crippen molar-refractivity contribution in [3.05, 3.63) is 27.0 Å². The quantitative estimate of drug-likeness (QED) is 0.518. The van der Waals surface area contributed by atoms with Gasteiger partial charge in [0.1, 0.15) is 0 Å². The standard InChI is InChI=1S/C7H11N5O2/c1-11(2)10-9-5-4-12(3)7(14)8-6(5)13/h4H,1-3H3,(H,8,13,14). The molecule has 0 aliphatic heterocycles. The topological polar surface area (TPSA) is 82.8 Å². The Morgan fingerprint density at radius 3 is 2.64 bits per heavy atom. The zero-order valence-electron chi connectivity index (χ0n) is 8.18. The van der Waals surface area contributed by atoms with Gasteiger partial charge >= 0.3 is 5.69 Å². The fourth-order valence-electron chi connectivity index (χ4n) is 0.759. The Bertz CT molecular complexity index is 456. The molecule has 1 aromatic rings. The first-order valence-electron chi connectivity index (χ1n) is 3.89. The molecule has 0 saturated carbocycles. The van der Waals surface area contributed by atoms with E-state index in [1.807, 2.05) is 0 Å². The van der Waals surface area contributed by atoms with Crippen molar-refractivity contribution < 1.29 is 0 Å². The second kappa shape index (κ2) is 3.86. The molecule has 0 amide bonds. The maximum absolute atomic E-state index is 11.2. The highest BCUT2D eigenvalue weighted by Gasteiger charge is 2.00. The van der Waals surface area contributed by atoms with Crippen molar-refractivity contribution in [2.75, 3.05) is 14.1 Å². The summed E-state index contributed by atoms with van der Waals surface area (Å²) in [5.41, 5.74) is -0.918. The van der Waals surface area contributed by atoms with E-state index in [1.54, 1.807) is 14.1 Å². The van der Waals surface area contributed by atoms with Crippen LogP contribution in [0.2, 0.25) is 0 Å². The zero-order chi connectivity index (χ0) is 10.7.